The molecule has 0 aliphatic carbocycles. The predicted octanol–water partition coefficient (Wildman–Crippen LogP) is 3.40. The van der Waals surface area contributed by atoms with Gasteiger partial charge in [-0.25, -0.2) is 0 Å². The summed E-state index contributed by atoms with van der Waals surface area (Å²) in [7, 11) is 1.73. The lowest BCUT2D eigenvalue weighted by Crippen LogP contribution is -2.58. The SMILES string of the molecule is COC[C@]12CCCO[C@H]1CCN(C(=O)c1oc3ccccc3c1C)C2. The summed E-state index contributed by atoms with van der Waals surface area (Å²) < 4.78 is 17.4. The first-order chi connectivity index (χ1) is 12.1. The number of amides is 1. The van der Waals surface area contributed by atoms with Crippen molar-refractivity contribution in [2.24, 2.45) is 5.41 Å². The summed E-state index contributed by atoms with van der Waals surface area (Å²) in [6, 6.07) is 7.81. The molecule has 1 aromatic carbocycles. The third-order valence-electron chi connectivity index (χ3n) is 5.74. The molecule has 0 bridgehead atoms. The first-order valence-corrected chi connectivity index (χ1v) is 9.02. The van der Waals surface area contributed by atoms with E-state index in [1.165, 1.54) is 0 Å². The third-order valence-corrected chi connectivity index (χ3v) is 5.74. The zero-order valence-corrected chi connectivity index (χ0v) is 14.9. The number of hydrogen-bond acceptors (Lipinski definition) is 4. The molecule has 0 spiro atoms. The van der Waals surface area contributed by atoms with E-state index in [0.29, 0.717) is 25.5 Å². The number of ether oxygens (including phenoxy) is 2. The minimum atomic E-state index is -0.0964. The summed E-state index contributed by atoms with van der Waals surface area (Å²) in [5.41, 5.74) is 1.59. The van der Waals surface area contributed by atoms with Crippen LogP contribution in [0, 0.1) is 12.3 Å². The summed E-state index contributed by atoms with van der Waals surface area (Å²) in [5.74, 6) is 0.442. The van der Waals surface area contributed by atoms with E-state index in [1.54, 1.807) is 7.11 Å². The van der Waals surface area contributed by atoms with Crippen molar-refractivity contribution in [3.8, 4) is 0 Å². The topological polar surface area (TPSA) is 51.9 Å². The molecule has 1 aromatic heterocycles. The number of furan rings is 1. The molecule has 0 radical (unpaired) electrons. The molecule has 2 saturated heterocycles. The quantitative estimate of drug-likeness (QED) is 0.857. The van der Waals surface area contributed by atoms with E-state index in [2.05, 4.69) is 0 Å². The van der Waals surface area contributed by atoms with E-state index in [4.69, 9.17) is 13.9 Å². The van der Waals surface area contributed by atoms with Crippen LogP contribution in [0.5, 0.6) is 0 Å². The predicted molar refractivity (Wildman–Crippen MR) is 94.8 cm³/mol. The molecule has 1 amide bonds. The van der Waals surface area contributed by atoms with Crippen molar-refractivity contribution in [1.29, 1.82) is 0 Å². The minimum Gasteiger partial charge on any atom is -0.451 e. The van der Waals surface area contributed by atoms with Crippen molar-refractivity contribution < 1.29 is 18.7 Å². The van der Waals surface area contributed by atoms with Crippen molar-refractivity contribution in [3.63, 3.8) is 0 Å². The first-order valence-electron chi connectivity index (χ1n) is 9.02. The van der Waals surface area contributed by atoms with Crippen LogP contribution < -0.4 is 0 Å². The highest BCUT2D eigenvalue weighted by molar-refractivity contribution is 5.99. The normalized spacial score (nSPS) is 26.6. The molecule has 2 atom stereocenters. The molecular weight excluding hydrogens is 318 g/mol. The van der Waals surface area contributed by atoms with Crippen molar-refractivity contribution in [2.75, 3.05) is 33.4 Å². The Kier molecular flexibility index (Phi) is 4.29. The van der Waals surface area contributed by atoms with Crippen LogP contribution in [-0.4, -0.2) is 50.3 Å². The fraction of sp³-hybridized carbons (Fsp3) is 0.550. The molecule has 0 saturated carbocycles. The number of nitrogens with zero attached hydrogens (tertiary/aromatic N) is 1. The third kappa shape index (κ3) is 2.75. The molecular formula is C20H25NO4. The van der Waals surface area contributed by atoms with Gasteiger partial charge in [-0.15, -0.1) is 0 Å². The Hall–Kier alpha value is -1.85. The summed E-state index contributed by atoms with van der Waals surface area (Å²) in [5, 5.41) is 1.01. The fourth-order valence-corrected chi connectivity index (χ4v) is 4.48. The molecule has 2 aromatic rings. The van der Waals surface area contributed by atoms with Crippen LogP contribution in [0.15, 0.2) is 28.7 Å². The monoisotopic (exact) mass is 343 g/mol. The van der Waals surface area contributed by atoms with Crippen LogP contribution >= 0.6 is 0 Å². The largest absolute Gasteiger partial charge is 0.451 e. The number of para-hydroxylation sites is 1. The van der Waals surface area contributed by atoms with Gasteiger partial charge in [0.2, 0.25) is 0 Å². The number of aryl methyl sites for hydroxylation is 1. The Balaban J connectivity index is 1.62. The van der Waals surface area contributed by atoms with Gasteiger partial charge in [0.15, 0.2) is 5.76 Å². The van der Waals surface area contributed by atoms with Crippen LogP contribution in [0.2, 0.25) is 0 Å². The zero-order valence-electron chi connectivity index (χ0n) is 14.9. The highest BCUT2D eigenvalue weighted by atomic mass is 16.5. The van der Waals surface area contributed by atoms with Gasteiger partial charge in [-0.2, -0.15) is 0 Å². The summed E-state index contributed by atoms with van der Waals surface area (Å²) >= 11 is 0. The number of rotatable bonds is 3. The molecule has 5 heteroatoms. The molecule has 134 valence electrons. The number of carbonyl (C=O) groups excluding carboxylic acids is 1. The van der Waals surface area contributed by atoms with E-state index >= 15 is 0 Å². The maximum Gasteiger partial charge on any atom is 0.289 e. The van der Waals surface area contributed by atoms with Gasteiger partial charge in [-0.05, 0) is 32.3 Å². The Morgan fingerprint density at radius 2 is 2.24 bits per heavy atom. The Bertz CT molecular complexity index is 779. The first kappa shape index (κ1) is 16.6. The van der Waals surface area contributed by atoms with E-state index < -0.39 is 0 Å². The molecule has 25 heavy (non-hydrogen) atoms. The van der Waals surface area contributed by atoms with Gasteiger partial charge in [0.1, 0.15) is 5.58 Å². The highest BCUT2D eigenvalue weighted by Crippen LogP contribution is 2.41. The number of hydrogen-bond donors (Lipinski definition) is 0. The van der Waals surface area contributed by atoms with Crippen molar-refractivity contribution in [2.45, 2.75) is 32.3 Å². The van der Waals surface area contributed by atoms with Gasteiger partial charge >= 0.3 is 0 Å². The zero-order chi connectivity index (χ0) is 17.4. The number of piperidine rings is 1. The second-order valence-corrected chi connectivity index (χ2v) is 7.33. The Labute approximate surface area is 147 Å². The van der Waals surface area contributed by atoms with Crippen LogP contribution in [-0.2, 0) is 9.47 Å². The maximum absolute atomic E-state index is 13.2. The fourth-order valence-electron chi connectivity index (χ4n) is 4.48. The Morgan fingerprint density at radius 1 is 1.40 bits per heavy atom. The van der Waals surface area contributed by atoms with Gasteiger partial charge in [-0.1, -0.05) is 18.2 Å². The van der Waals surface area contributed by atoms with Crippen LogP contribution in [0.1, 0.15) is 35.4 Å². The van der Waals surface area contributed by atoms with E-state index in [-0.39, 0.29) is 17.4 Å². The molecule has 2 aliphatic rings. The average molecular weight is 343 g/mol. The molecule has 2 aliphatic heterocycles. The molecule has 2 fully saturated rings. The molecule has 3 heterocycles. The van der Waals surface area contributed by atoms with Gasteiger partial charge in [0, 0.05) is 43.2 Å². The highest BCUT2D eigenvalue weighted by Gasteiger charge is 2.47. The number of carbonyl (C=O) groups is 1. The van der Waals surface area contributed by atoms with E-state index in [9.17, 15) is 4.79 Å². The Morgan fingerprint density at radius 3 is 3.04 bits per heavy atom. The molecule has 0 N–H and O–H groups in total. The summed E-state index contributed by atoms with van der Waals surface area (Å²) in [4.78, 5) is 15.1. The lowest BCUT2D eigenvalue weighted by molar-refractivity contribution is -0.142. The van der Waals surface area contributed by atoms with E-state index in [1.807, 2.05) is 36.1 Å². The summed E-state index contributed by atoms with van der Waals surface area (Å²) in [6.45, 7) is 4.76. The molecule has 0 unspecified atom stereocenters. The smallest absolute Gasteiger partial charge is 0.289 e. The van der Waals surface area contributed by atoms with Gasteiger partial charge in [0.25, 0.3) is 5.91 Å². The number of likely N-dealkylation sites (tertiary alicyclic amines) is 1. The van der Waals surface area contributed by atoms with Gasteiger partial charge in [-0.3, -0.25) is 4.79 Å². The van der Waals surface area contributed by atoms with Crippen molar-refractivity contribution >= 4 is 16.9 Å². The summed E-state index contributed by atoms with van der Waals surface area (Å²) in [6.07, 6.45) is 3.09. The molecule has 4 rings (SSSR count). The van der Waals surface area contributed by atoms with Gasteiger partial charge < -0.3 is 18.8 Å². The van der Waals surface area contributed by atoms with Gasteiger partial charge in [0.05, 0.1) is 12.7 Å². The van der Waals surface area contributed by atoms with Crippen LogP contribution in [0.4, 0.5) is 0 Å². The number of fused-ring (bicyclic) bond motifs is 2. The standard InChI is InChI=1S/C20H25NO4/c1-14-15-6-3-4-7-16(15)25-18(14)19(22)21-10-8-17-20(12-21,13-23-2)9-5-11-24-17/h3-4,6-7,17H,5,8-13H2,1-2H3/t17-,20+/m0/s1. The van der Waals surface area contributed by atoms with E-state index in [0.717, 1.165) is 42.4 Å². The second kappa shape index (κ2) is 6.46. The van der Waals surface area contributed by atoms with Crippen LogP contribution in [0.3, 0.4) is 0 Å². The van der Waals surface area contributed by atoms with Crippen molar-refractivity contribution in [3.05, 3.63) is 35.6 Å². The van der Waals surface area contributed by atoms with Crippen molar-refractivity contribution in [1.82, 2.24) is 4.90 Å². The number of methoxy groups -OCH3 is 1. The lowest BCUT2D eigenvalue weighted by Gasteiger charge is -2.50. The lowest BCUT2D eigenvalue weighted by atomic mass is 9.73. The minimum absolute atomic E-state index is 0.0202. The average Bonchev–Trinajstić information content (AvgIpc) is 2.98. The molecule has 5 nitrogen and oxygen atoms in total. The second-order valence-electron chi connectivity index (χ2n) is 7.33. The van der Waals surface area contributed by atoms with Crippen LogP contribution in [0.25, 0.3) is 11.0 Å². The maximum atomic E-state index is 13.2. The number of benzene rings is 1.